The maximum absolute atomic E-state index is 12.7. The molecule has 0 spiro atoms. The summed E-state index contributed by atoms with van der Waals surface area (Å²) in [5.41, 5.74) is 7.48. The third-order valence-corrected chi connectivity index (χ3v) is 7.17. The Morgan fingerprint density at radius 2 is 1.83 bits per heavy atom. The molecule has 0 aliphatic carbocycles. The van der Waals surface area contributed by atoms with E-state index in [9.17, 15) is 18.0 Å². The molecule has 1 fully saturated rings. The number of carbonyl (C=O) groups excluding carboxylic acids is 2. The van der Waals surface area contributed by atoms with E-state index in [0.29, 0.717) is 24.3 Å². The Morgan fingerprint density at radius 1 is 1.13 bits per heavy atom. The van der Waals surface area contributed by atoms with Crippen LogP contribution in [-0.2, 0) is 21.2 Å². The number of carbonyl (C=O) groups is 2. The number of nitrogens with one attached hydrogen (secondary N) is 1. The predicted molar refractivity (Wildman–Crippen MR) is 116 cm³/mol. The summed E-state index contributed by atoms with van der Waals surface area (Å²) in [5, 5.41) is 2.92. The standard InChI is InChI=1S/C22H27N3O4S/c1-2-30(28,29)19-11-9-16(10-12-19)22(27)24-20-8-4-3-6-17(20)14-25-13-5-7-18(15-25)21(23)26/h3-4,6,8-12,18H,2,5,7,13-15H2,1H3,(H2,23,26)(H,24,27). The first-order valence-electron chi connectivity index (χ1n) is 10.0. The van der Waals surface area contributed by atoms with Gasteiger partial charge in [-0.3, -0.25) is 14.5 Å². The van der Waals surface area contributed by atoms with Gasteiger partial charge in [-0.1, -0.05) is 25.1 Å². The minimum atomic E-state index is -3.30. The Kier molecular flexibility index (Phi) is 6.89. The van der Waals surface area contributed by atoms with Gasteiger partial charge >= 0.3 is 0 Å². The highest BCUT2D eigenvalue weighted by Crippen LogP contribution is 2.23. The van der Waals surface area contributed by atoms with E-state index < -0.39 is 9.84 Å². The monoisotopic (exact) mass is 429 g/mol. The number of nitrogens with zero attached hydrogens (tertiary/aromatic N) is 1. The molecule has 160 valence electrons. The fourth-order valence-electron chi connectivity index (χ4n) is 3.63. The maximum Gasteiger partial charge on any atom is 0.255 e. The first-order valence-corrected chi connectivity index (χ1v) is 11.7. The highest BCUT2D eigenvalue weighted by molar-refractivity contribution is 7.91. The molecule has 1 saturated heterocycles. The normalized spacial score (nSPS) is 17.4. The largest absolute Gasteiger partial charge is 0.369 e. The molecule has 2 amide bonds. The highest BCUT2D eigenvalue weighted by atomic mass is 32.2. The molecule has 0 bridgehead atoms. The topological polar surface area (TPSA) is 110 Å². The highest BCUT2D eigenvalue weighted by Gasteiger charge is 2.24. The van der Waals surface area contributed by atoms with Gasteiger partial charge in [0.25, 0.3) is 5.91 Å². The lowest BCUT2D eigenvalue weighted by molar-refractivity contribution is -0.123. The van der Waals surface area contributed by atoms with Crippen molar-refractivity contribution in [2.75, 3.05) is 24.2 Å². The molecule has 2 aromatic carbocycles. The zero-order valence-corrected chi connectivity index (χ0v) is 17.8. The SMILES string of the molecule is CCS(=O)(=O)c1ccc(C(=O)Nc2ccccc2CN2CCCC(C(N)=O)C2)cc1. The lowest BCUT2D eigenvalue weighted by Crippen LogP contribution is -2.40. The van der Waals surface area contributed by atoms with Crippen LogP contribution >= 0.6 is 0 Å². The van der Waals surface area contributed by atoms with E-state index in [2.05, 4.69) is 10.2 Å². The number of para-hydroxylation sites is 1. The molecule has 1 aliphatic rings. The lowest BCUT2D eigenvalue weighted by atomic mass is 9.97. The van der Waals surface area contributed by atoms with Gasteiger partial charge in [0.1, 0.15) is 0 Å². The number of primary amides is 1. The average molecular weight is 430 g/mol. The van der Waals surface area contributed by atoms with E-state index in [-0.39, 0.29) is 28.4 Å². The molecule has 1 aliphatic heterocycles. The Balaban J connectivity index is 1.71. The number of amides is 2. The molecule has 1 heterocycles. The first kappa shape index (κ1) is 22.0. The fraction of sp³-hybridized carbons (Fsp3) is 0.364. The van der Waals surface area contributed by atoms with Crippen LogP contribution in [0.1, 0.15) is 35.7 Å². The summed E-state index contributed by atoms with van der Waals surface area (Å²) in [4.78, 5) is 26.6. The summed E-state index contributed by atoms with van der Waals surface area (Å²) in [6.45, 7) is 3.68. The van der Waals surface area contributed by atoms with Crippen molar-refractivity contribution in [2.24, 2.45) is 11.7 Å². The van der Waals surface area contributed by atoms with E-state index in [1.54, 1.807) is 6.92 Å². The summed E-state index contributed by atoms with van der Waals surface area (Å²) in [5.74, 6) is -0.705. The third-order valence-electron chi connectivity index (χ3n) is 5.42. The second kappa shape index (κ2) is 9.40. The van der Waals surface area contributed by atoms with Crippen LogP contribution in [0, 0.1) is 5.92 Å². The van der Waals surface area contributed by atoms with Crippen LogP contribution in [0.15, 0.2) is 53.4 Å². The van der Waals surface area contributed by atoms with Crippen molar-refractivity contribution in [3.63, 3.8) is 0 Å². The Morgan fingerprint density at radius 3 is 2.50 bits per heavy atom. The molecule has 0 aromatic heterocycles. The number of nitrogens with two attached hydrogens (primary N) is 1. The van der Waals surface area contributed by atoms with Gasteiger partial charge in [0, 0.05) is 24.3 Å². The van der Waals surface area contributed by atoms with Gasteiger partial charge in [-0.25, -0.2) is 8.42 Å². The van der Waals surface area contributed by atoms with Crippen molar-refractivity contribution in [1.82, 2.24) is 4.90 Å². The van der Waals surface area contributed by atoms with Crippen LogP contribution < -0.4 is 11.1 Å². The number of likely N-dealkylation sites (tertiary alicyclic amines) is 1. The molecule has 2 aromatic rings. The summed E-state index contributed by atoms with van der Waals surface area (Å²) >= 11 is 0. The van der Waals surface area contributed by atoms with Crippen molar-refractivity contribution in [2.45, 2.75) is 31.2 Å². The van der Waals surface area contributed by atoms with Crippen molar-refractivity contribution >= 4 is 27.3 Å². The summed E-state index contributed by atoms with van der Waals surface area (Å²) < 4.78 is 23.9. The molecule has 1 unspecified atom stereocenters. The fourth-order valence-corrected chi connectivity index (χ4v) is 4.51. The van der Waals surface area contributed by atoms with Gasteiger partial charge in [0.2, 0.25) is 5.91 Å². The molecule has 8 heteroatoms. The van der Waals surface area contributed by atoms with Gasteiger partial charge in [0.15, 0.2) is 9.84 Å². The molecular weight excluding hydrogens is 402 g/mol. The van der Waals surface area contributed by atoms with Crippen molar-refractivity contribution < 1.29 is 18.0 Å². The van der Waals surface area contributed by atoms with Gasteiger partial charge in [0.05, 0.1) is 16.6 Å². The van der Waals surface area contributed by atoms with Gasteiger partial charge in [-0.05, 0) is 55.3 Å². The summed E-state index contributed by atoms with van der Waals surface area (Å²) in [7, 11) is -3.30. The van der Waals surface area contributed by atoms with Gasteiger partial charge in [-0.15, -0.1) is 0 Å². The second-order valence-electron chi connectivity index (χ2n) is 7.52. The van der Waals surface area contributed by atoms with Crippen LogP contribution in [0.4, 0.5) is 5.69 Å². The number of benzene rings is 2. The van der Waals surface area contributed by atoms with Gasteiger partial charge < -0.3 is 11.1 Å². The maximum atomic E-state index is 12.7. The van der Waals surface area contributed by atoms with Crippen molar-refractivity contribution in [1.29, 1.82) is 0 Å². The number of hydrogen-bond acceptors (Lipinski definition) is 5. The zero-order valence-electron chi connectivity index (χ0n) is 17.0. The Bertz CT molecular complexity index is 1020. The Hall–Kier alpha value is -2.71. The molecule has 3 rings (SSSR count). The second-order valence-corrected chi connectivity index (χ2v) is 9.79. The van der Waals surface area contributed by atoms with Crippen LogP contribution in [0.2, 0.25) is 0 Å². The number of rotatable bonds is 7. The molecule has 7 nitrogen and oxygen atoms in total. The summed E-state index contributed by atoms with van der Waals surface area (Å²) in [6.07, 6.45) is 1.73. The number of sulfone groups is 1. The number of piperidine rings is 1. The smallest absolute Gasteiger partial charge is 0.255 e. The molecular formula is C22H27N3O4S. The van der Waals surface area contributed by atoms with E-state index >= 15 is 0 Å². The van der Waals surface area contributed by atoms with E-state index in [1.807, 2.05) is 24.3 Å². The van der Waals surface area contributed by atoms with Gasteiger partial charge in [-0.2, -0.15) is 0 Å². The minimum absolute atomic E-state index is 0.0129. The molecule has 30 heavy (non-hydrogen) atoms. The van der Waals surface area contributed by atoms with E-state index in [4.69, 9.17) is 5.73 Å². The summed E-state index contributed by atoms with van der Waals surface area (Å²) in [6, 6.07) is 13.5. The predicted octanol–water partition coefficient (Wildman–Crippen LogP) is 2.43. The molecule has 0 radical (unpaired) electrons. The minimum Gasteiger partial charge on any atom is -0.369 e. The number of hydrogen-bond donors (Lipinski definition) is 2. The van der Waals surface area contributed by atoms with Crippen LogP contribution in [-0.4, -0.2) is 44.0 Å². The van der Waals surface area contributed by atoms with Crippen LogP contribution in [0.3, 0.4) is 0 Å². The third kappa shape index (κ3) is 5.25. The first-order chi connectivity index (χ1) is 14.3. The lowest BCUT2D eigenvalue weighted by Gasteiger charge is -2.31. The van der Waals surface area contributed by atoms with Crippen LogP contribution in [0.25, 0.3) is 0 Å². The van der Waals surface area contributed by atoms with E-state index in [0.717, 1.165) is 24.9 Å². The Labute approximate surface area is 177 Å². The van der Waals surface area contributed by atoms with Crippen LogP contribution in [0.5, 0.6) is 0 Å². The molecule has 0 saturated carbocycles. The van der Waals surface area contributed by atoms with Crippen molar-refractivity contribution in [3.8, 4) is 0 Å². The van der Waals surface area contributed by atoms with Crippen molar-refractivity contribution in [3.05, 3.63) is 59.7 Å². The quantitative estimate of drug-likeness (QED) is 0.702. The average Bonchev–Trinajstić information content (AvgIpc) is 2.75. The zero-order chi connectivity index (χ0) is 21.7. The molecule has 1 atom stereocenters. The van der Waals surface area contributed by atoms with E-state index in [1.165, 1.54) is 24.3 Å². The number of anilines is 1. The molecule has 3 N–H and O–H groups in total.